The van der Waals surface area contributed by atoms with Crippen molar-refractivity contribution in [3.8, 4) is 0 Å². The van der Waals surface area contributed by atoms with E-state index in [2.05, 4.69) is 64.5 Å². The second-order valence-electron chi connectivity index (χ2n) is 7.06. The van der Waals surface area contributed by atoms with Crippen molar-refractivity contribution in [2.24, 2.45) is 5.92 Å². The molecule has 0 fully saturated rings. The molecule has 0 amide bonds. The Morgan fingerprint density at radius 2 is 2.20 bits per heavy atom. The monoisotopic (exact) mass is 347 g/mol. The zero-order valence-corrected chi connectivity index (χ0v) is 15.1. The van der Waals surface area contributed by atoms with Crippen LogP contribution in [0.3, 0.4) is 0 Å². The third-order valence-electron chi connectivity index (χ3n) is 5.42. The van der Waals surface area contributed by atoms with Crippen LogP contribution in [0.5, 0.6) is 0 Å². The fourth-order valence-corrected chi connectivity index (χ4v) is 5.18. The fourth-order valence-electron chi connectivity index (χ4n) is 4.28. The van der Waals surface area contributed by atoms with Crippen LogP contribution >= 0.6 is 11.8 Å². The Morgan fingerprint density at radius 3 is 3.08 bits per heavy atom. The molecule has 2 aromatic heterocycles. The predicted octanol–water partition coefficient (Wildman–Crippen LogP) is 4.22. The lowest BCUT2D eigenvalue weighted by Crippen LogP contribution is -2.43. The van der Waals surface area contributed by atoms with Crippen molar-refractivity contribution in [1.82, 2.24) is 14.9 Å². The number of rotatable bonds is 3. The van der Waals surface area contributed by atoms with Gasteiger partial charge in [-0.2, -0.15) is 0 Å². The molecule has 0 unspecified atom stereocenters. The molecule has 3 heterocycles. The standard InChI is InChI=1S/C21H21N3S/c1-24-12-14(13-25-20-7-2-3-8-22-20)9-17-16-5-4-6-18-21(16)15(11-23-18)10-19(17)24/h2-9,11,14,19,23H,10,12-13H2,1H3/t14-,19+/m1/s1. The van der Waals surface area contributed by atoms with Gasteiger partial charge in [0.25, 0.3) is 0 Å². The Bertz CT molecular complexity index is 944. The number of aromatic nitrogens is 2. The quantitative estimate of drug-likeness (QED) is 0.720. The number of nitrogens with one attached hydrogen (secondary N) is 1. The summed E-state index contributed by atoms with van der Waals surface area (Å²) in [5, 5.41) is 2.54. The Kier molecular flexibility index (Phi) is 3.68. The highest BCUT2D eigenvalue weighted by Gasteiger charge is 2.33. The molecule has 25 heavy (non-hydrogen) atoms. The van der Waals surface area contributed by atoms with Gasteiger partial charge in [-0.3, -0.25) is 4.90 Å². The Labute approximate surface area is 152 Å². The van der Waals surface area contributed by atoms with Crippen LogP contribution in [-0.4, -0.2) is 40.3 Å². The minimum atomic E-state index is 0.505. The molecule has 5 rings (SSSR count). The topological polar surface area (TPSA) is 31.9 Å². The van der Waals surface area contributed by atoms with Crippen molar-refractivity contribution >= 4 is 28.2 Å². The first-order chi connectivity index (χ1) is 12.3. The second kappa shape index (κ2) is 6.04. The second-order valence-corrected chi connectivity index (χ2v) is 8.10. The lowest BCUT2D eigenvalue weighted by atomic mass is 9.80. The number of H-pyrrole nitrogens is 1. The van der Waals surface area contributed by atoms with Gasteiger partial charge in [0, 0.05) is 41.6 Å². The van der Waals surface area contributed by atoms with Crippen molar-refractivity contribution < 1.29 is 0 Å². The molecule has 2 aliphatic rings. The van der Waals surface area contributed by atoms with Crippen molar-refractivity contribution in [3.63, 3.8) is 0 Å². The normalized spacial score (nSPS) is 22.7. The van der Waals surface area contributed by atoms with Crippen LogP contribution in [0.1, 0.15) is 11.1 Å². The van der Waals surface area contributed by atoms with Gasteiger partial charge in [0.05, 0.1) is 5.03 Å². The first-order valence-electron chi connectivity index (χ1n) is 8.85. The number of likely N-dealkylation sites (N-methyl/N-ethyl adjacent to an activating group) is 1. The summed E-state index contributed by atoms with van der Waals surface area (Å²) in [4.78, 5) is 10.4. The molecule has 1 aliphatic carbocycles. The van der Waals surface area contributed by atoms with Crippen LogP contribution in [0.15, 0.2) is 59.9 Å². The number of nitrogens with zero attached hydrogens (tertiary/aromatic N) is 2. The van der Waals surface area contributed by atoms with Crippen molar-refractivity contribution in [2.75, 3.05) is 19.3 Å². The molecule has 3 nitrogen and oxygen atoms in total. The third kappa shape index (κ3) is 2.60. The fraction of sp³-hybridized carbons (Fsp3) is 0.286. The van der Waals surface area contributed by atoms with Gasteiger partial charge in [-0.15, -0.1) is 11.8 Å². The van der Waals surface area contributed by atoms with Crippen molar-refractivity contribution in [2.45, 2.75) is 17.5 Å². The summed E-state index contributed by atoms with van der Waals surface area (Å²) in [6, 6.07) is 13.3. The Morgan fingerprint density at radius 1 is 1.24 bits per heavy atom. The minimum absolute atomic E-state index is 0.505. The zero-order valence-electron chi connectivity index (χ0n) is 14.3. The molecule has 1 N–H and O–H groups in total. The predicted molar refractivity (Wildman–Crippen MR) is 105 cm³/mol. The molecule has 0 bridgehead atoms. The maximum absolute atomic E-state index is 4.44. The third-order valence-corrected chi connectivity index (χ3v) is 6.56. The van der Waals surface area contributed by atoms with Crippen LogP contribution in [0.2, 0.25) is 0 Å². The highest BCUT2D eigenvalue weighted by Crippen LogP contribution is 2.41. The number of thioether (sulfide) groups is 1. The maximum Gasteiger partial charge on any atom is 0.0960 e. The van der Waals surface area contributed by atoms with Gasteiger partial charge < -0.3 is 4.98 Å². The number of hydrogen-bond acceptors (Lipinski definition) is 3. The zero-order chi connectivity index (χ0) is 16.8. The van der Waals surface area contributed by atoms with Crippen LogP contribution in [0, 0.1) is 5.92 Å². The van der Waals surface area contributed by atoms with Gasteiger partial charge in [-0.1, -0.05) is 24.3 Å². The number of hydrogen-bond donors (Lipinski definition) is 1. The van der Waals surface area contributed by atoms with Gasteiger partial charge in [-0.05, 0) is 54.3 Å². The summed E-state index contributed by atoms with van der Waals surface area (Å²) >= 11 is 1.86. The maximum atomic E-state index is 4.44. The number of benzene rings is 1. The van der Waals surface area contributed by atoms with Gasteiger partial charge in [0.15, 0.2) is 0 Å². The molecule has 4 heteroatoms. The summed E-state index contributed by atoms with van der Waals surface area (Å²) in [5.41, 5.74) is 5.66. The molecular weight excluding hydrogens is 326 g/mol. The largest absolute Gasteiger partial charge is 0.361 e. The van der Waals surface area contributed by atoms with E-state index in [0.29, 0.717) is 12.0 Å². The summed E-state index contributed by atoms with van der Waals surface area (Å²) in [7, 11) is 2.27. The summed E-state index contributed by atoms with van der Waals surface area (Å²) in [6.07, 6.45) is 7.71. The van der Waals surface area contributed by atoms with E-state index >= 15 is 0 Å². The minimum Gasteiger partial charge on any atom is -0.361 e. The van der Waals surface area contributed by atoms with Crippen molar-refractivity contribution in [1.29, 1.82) is 0 Å². The lowest BCUT2D eigenvalue weighted by Gasteiger charge is -2.39. The van der Waals surface area contributed by atoms with E-state index in [1.165, 1.54) is 27.6 Å². The molecule has 0 saturated carbocycles. The number of fused-ring (bicyclic) bond motifs is 2. The highest BCUT2D eigenvalue weighted by atomic mass is 32.2. The molecule has 1 aromatic carbocycles. The highest BCUT2D eigenvalue weighted by molar-refractivity contribution is 7.99. The molecule has 0 spiro atoms. The molecule has 3 aromatic rings. The van der Waals surface area contributed by atoms with Crippen LogP contribution in [0.25, 0.3) is 16.5 Å². The Hall–Kier alpha value is -2.04. The van der Waals surface area contributed by atoms with Gasteiger partial charge in [0.2, 0.25) is 0 Å². The van der Waals surface area contributed by atoms with E-state index in [0.717, 1.165) is 23.7 Å². The molecule has 0 saturated heterocycles. The number of aromatic amines is 1. The first-order valence-corrected chi connectivity index (χ1v) is 9.83. The van der Waals surface area contributed by atoms with Crippen LogP contribution in [-0.2, 0) is 6.42 Å². The van der Waals surface area contributed by atoms with Crippen LogP contribution in [0.4, 0.5) is 0 Å². The molecule has 126 valence electrons. The summed E-state index contributed by atoms with van der Waals surface area (Å²) in [5.74, 6) is 1.63. The van der Waals surface area contributed by atoms with Gasteiger partial charge >= 0.3 is 0 Å². The molecule has 2 atom stereocenters. The Balaban J connectivity index is 1.48. The summed E-state index contributed by atoms with van der Waals surface area (Å²) in [6.45, 7) is 1.11. The van der Waals surface area contributed by atoms with Crippen LogP contribution < -0.4 is 0 Å². The number of pyridine rings is 1. The average Bonchev–Trinajstić information content (AvgIpc) is 3.06. The SMILES string of the molecule is CN1C[C@H](CSc2ccccn2)C=C2c3cccc4[nH]cc(c34)C[C@@H]21. The van der Waals surface area contributed by atoms with Crippen molar-refractivity contribution in [3.05, 3.63) is 66.0 Å². The average molecular weight is 347 g/mol. The molecule has 1 aliphatic heterocycles. The van der Waals surface area contributed by atoms with E-state index in [9.17, 15) is 0 Å². The van der Waals surface area contributed by atoms with Gasteiger partial charge in [0.1, 0.15) is 0 Å². The van der Waals surface area contributed by atoms with E-state index in [4.69, 9.17) is 0 Å². The van der Waals surface area contributed by atoms with E-state index < -0.39 is 0 Å². The van der Waals surface area contributed by atoms with E-state index in [1.54, 1.807) is 0 Å². The molecule has 0 radical (unpaired) electrons. The lowest BCUT2D eigenvalue weighted by molar-refractivity contribution is 0.253. The summed E-state index contributed by atoms with van der Waals surface area (Å²) < 4.78 is 0. The molecular formula is C21H21N3S. The first kappa shape index (κ1) is 15.2. The smallest absolute Gasteiger partial charge is 0.0960 e. The van der Waals surface area contributed by atoms with E-state index in [1.807, 2.05) is 24.0 Å². The van der Waals surface area contributed by atoms with E-state index in [-0.39, 0.29) is 0 Å². The van der Waals surface area contributed by atoms with Gasteiger partial charge in [-0.25, -0.2) is 4.98 Å².